The molecule has 0 heterocycles. The largest absolute Gasteiger partial charge is 0.103 e. The maximum absolute atomic E-state index is 3.66. The standard InChI is InChI=1S/C7H10.C4H8.C3H6/c1-4-5-6-7(2)3;1-4(2)3;1-3-2/h4-6H,1-2H2,3H3;1H2,2-3H3;3H,1H2,2H3/b6-5-;;. The molecular weight excluding hydrogens is 168 g/mol. The number of hydrogen-bond donors (Lipinski definition) is 0. The summed E-state index contributed by atoms with van der Waals surface area (Å²) >= 11 is 0. The summed E-state index contributed by atoms with van der Waals surface area (Å²) in [5.41, 5.74) is 2.22. The summed E-state index contributed by atoms with van der Waals surface area (Å²) in [6.45, 7) is 21.9. The Bertz CT molecular complexity index is 188. The molecule has 0 rings (SSSR count). The molecule has 0 N–H and O–H groups in total. The van der Waals surface area contributed by atoms with Crippen molar-refractivity contribution < 1.29 is 0 Å². The van der Waals surface area contributed by atoms with E-state index in [2.05, 4.69) is 26.3 Å². The lowest BCUT2D eigenvalue weighted by molar-refractivity contribution is 1.42. The molecule has 0 bridgehead atoms. The predicted octanol–water partition coefficient (Wildman–Crippen LogP) is 5.08. The molecule has 14 heavy (non-hydrogen) atoms. The highest BCUT2D eigenvalue weighted by atomic mass is 13.7. The van der Waals surface area contributed by atoms with Crippen molar-refractivity contribution in [3.05, 3.63) is 61.8 Å². The van der Waals surface area contributed by atoms with Crippen LogP contribution in [0, 0.1) is 0 Å². The maximum atomic E-state index is 3.66. The van der Waals surface area contributed by atoms with Crippen LogP contribution in [0.3, 0.4) is 0 Å². The molecule has 0 aromatic heterocycles. The van der Waals surface area contributed by atoms with Crippen LogP contribution in [0.15, 0.2) is 61.8 Å². The highest BCUT2D eigenvalue weighted by Crippen LogP contribution is 1.86. The smallest absolute Gasteiger partial charge is 0.0404 e. The van der Waals surface area contributed by atoms with Crippen LogP contribution < -0.4 is 0 Å². The van der Waals surface area contributed by atoms with E-state index in [1.807, 2.05) is 39.8 Å². The normalized spacial score (nSPS) is 7.43. The summed E-state index contributed by atoms with van der Waals surface area (Å²) in [5, 5.41) is 0. The van der Waals surface area contributed by atoms with Gasteiger partial charge in [-0.1, -0.05) is 48.6 Å². The van der Waals surface area contributed by atoms with Gasteiger partial charge in [0.25, 0.3) is 0 Å². The first-order valence-corrected chi connectivity index (χ1v) is 4.56. The first-order chi connectivity index (χ1) is 6.42. The first-order valence-electron chi connectivity index (χ1n) is 4.56. The summed E-state index contributed by atoms with van der Waals surface area (Å²) in [7, 11) is 0. The van der Waals surface area contributed by atoms with Crippen LogP contribution in [-0.2, 0) is 0 Å². The minimum absolute atomic E-state index is 1.06. The molecule has 0 aliphatic carbocycles. The Labute approximate surface area is 90.0 Å². The zero-order chi connectivity index (χ0) is 12.0. The Kier molecular flexibility index (Phi) is 23.4. The Balaban J connectivity index is -0.000000147. The fraction of sp³-hybridized carbons (Fsp3) is 0.286. The van der Waals surface area contributed by atoms with Crippen LogP contribution in [0.25, 0.3) is 0 Å². The van der Waals surface area contributed by atoms with Gasteiger partial charge in [-0.25, -0.2) is 0 Å². The van der Waals surface area contributed by atoms with Gasteiger partial charge in [0.2, 0.25) is 0 Å². The lowest BCUT2D eigenvalue weighted by Gasteiger charge is -1.77. The van der Waals surface area contributed by atoms with Crippen LogP contribution in [0.4, 0.5) is 0 Å². The molecule has 0 radical (unpaired) electrons. The fourth-order valence-electron chi connectivity index (χ4n) is 0.232. The second kappa shape index (κ2) is 17.7. The van der Waals surface area contributed by atoms with Crippen molar-refractivity contribution in [1.82, 2.24) is 0 Å². The SMILES string of the molecule is C=C(C)C.C=C/C=C\C(=C)C.C=CC. The predicted molar refractivity (Wildman–Crippen MR) is 70.5 cm³/mol. The van der Waals surface area contributed by atoms with Gasteiger partial charge in [-0.2, -0.15) is 0 Å². The molecule has 0 aromatic carbocycles. The van der Waals surface area contributed by atoms with Crippen molar-refractivity contribution in [2.45, 2.75) is 27.7 Å². The van der Waals surface area contributed by atoms with E-state index in [0.29, 0.717) is 0 Å². The van der Waals surface area contributed by atoms with Gasteiger partial charge in [-0.15, -0.1) is 13.2 Å². The van der Waals surface area contributed by atoms with Gasteiger partial charge in [0.15, 0.2) is 0 Å². The number of rotatable bonds is 2. The average molecular weight is 192 g/mol. The van der Waals surface area contributed by atoms with Crippen LogP contribution in [0.5, 0.6) is 0 Å². The van der Waals surface area contributed by atoms with E-state index in [4.69, 9.17) is 0 Å². The molecule has 0 aliphatic heterocycles. The molecule has 0 fully saturated rings. The fourth-order valence-corrected chi connectivity index (χ4v) is 0.232. The molecule has 0 saturated heterocycles. The lowest BCUT2D eigenvalue weighted by Crippen LogP contribution is -1.55. The molecule has 0 aromatic rings. The summed E-state index contributed by atoms with van der Waals surface area (Å²) in [6, 6.07) is 0. The van der Waals surface area contributed by atoms with Crippen LogP contribution in [-0.4, -0.2) is 0 Å². The molecule has 0 heteroatoms. The Morgan fingerprint density at radius 3 is 1.36 bits per heavy atom. The van der Waals surface area contributed by atoms with E-state index < -0.39 is 0 Å². The van der Waals surface area contributed by atoms with Gasteiger partial charge in [0.05, 0.1) is 0 Å². The maximum Gasteiger partial charge on any atom is -0.0404 e. The van der Waals surface area contributed by atoms with Gasteiger partial charge in [-0.3, -0.25) is 0 Å². The van der Waals surface area contributed by atoms with Crippen molar-refractivity contribution in [3.8, 4) is 0 Å². The third-order valence-electron chi connectivity index (χ3n) is 0.517. The van der Waals surface area contributed by atoms with E-state index >= 15 is 0 Å². The van der Waals surface area contributed by atoms with Crippen molar-refractivity contribution in [2.75, 3.05) is 0 Å². The number of hydrogen-bond acceptors (Lipinski definition) is 0. The molecule has 0 atom stereocenters. The van der Waals surface area contributed by atoms with Crippen molar-refractivity contribution in [1.29, 1.82) is 0 Å². The van der Waals surface area contributed by atoms with E-state index in [0.717, 1.165) is 5.57 Å². The molecule has 0 saturated carbocycles. The van der Waals surface area contributed by atoms with Crippen LogP contribution in [0.2, 0.25) is 0 Å². The second-order valence-corrected chi connectivity index (χ2v) is 3.06. The third kappa shape index (κ3) is 138. The zero-order valence-corrected chi connectivity index (χ0v) is 10.1. The summed E-state index contributed by atoms with van der Waals surface area (Å²) in [5.74, 6) is 0. The van der Waals surface area contributed by atoms with Gasteiger partial charge >= 0.3 is 0 Å². The quantitative estimate of drug-likeness (QED) is 0.423. The minimum atomic E-state index is 1.06. The Morgan fingerprint density at radius 1 is 1.00 bits per heavy atom. The second-order valence-electron chi connectivity index (χ2n) is 3.06. The zero-order valence-electron chi connectivity index (χ0n) is 10.1. The van der Waals surface area contributed by atoms with E-state index in [1.165, 1.54) is 5.57 Å². The topological polar surface area (TPSA) is 0 Å². The summed E-state index contributed by atoms with van der Waals surface area (Å²) < 4.78 is 0. The van der Waals surface area contributed by atoms with Gasteiger partial charge in [0.1, 0.15) is 0 Å². The number of allylic oxidation sites excluding steroid dienone is 6. The van der Waals surface area contributed by atoms with Crippen LogP contribution in [0.1, 0.15) is 27.7 Å². The van der Waals surface area contributed by atoms with Crippen LogP contribution >= 0.6 is 0 Å². The molecular formula is C14H24. The highest BCUT2D eigenvalue weighted by Gasteiger charge is 1.65. The molecule has 0 amide bonds. The molecule has 0 unspecified atom stereocenters. The molecule has 0 aliphatic rings. The molecule has 0 nitrogen and oxygen atoms in total. The van der Waals surface area contributed by atoms with Crippen molar-refractivity contribution in [2.24, 2.45) is 0 Å². The lowest BCUT2D eigenvalue weighted by atomic mass is 10.3. The van der Waals surface area contributed by atoms with E-state index in [9.17, 15) is 0 Å². The minimum Gasteiger partial charge on any atom is -0.103 e. The monoisotopic (exact) mass is 192 g/mol. The Morgan fingerprint density at radius 2 is 1.29 bits per heavy atom. The van der Waals surface area contributed by atoms with E-state index in [-0.39, 0.29) is 0 Å². The summed E-state index contributed by atoms with van der Waals surface area (Å²) in [4.78, 5) is 0. The van der Waals surface area contributed by atoms with E-state index in [1.54, 1.807) is 12.2 Å². The average Bonchev–Trinajstić information content (AvgIpc) is 2.01. The van der Waals surface area contributed by atoms with Crippen molar-refractivity contribution in [3.63, 3.8) is 0 Å². The Hall–Kier alpha value is -1.30. The first kappa shape index (κ1) is 18.5. The van der Waals surface area contributed by atoms with Gasteiger partial charge in [0, 0.05) is 0 Å². The highest BCUT2D eigenvalue weighted by molar-refractivity contribution is 5.15. The van der Waals surface area contributed by atoms with Crippen molar-refractivity contribution >= 4 is 0 Å². The molecule has 80 valence electrons. The summed E-state index contributed by atoms with van der Waals surface area (Å²) in [6.07, 6.45) is 7.25. The molecule has 0 spiro atoms. The van der Waals surface area contributed by atoms with Gasteiger partial charge in [-0.05, 0) is 27.7 Å². The third-order valence-corrected chi connectivity index (χ3v) is 0.517. The van der Waals surface area contributed by atoms with Gasteiger partial charge < -0.3 is 0 Å².